The summed E-state index contributed by atoms with van der Waals surface area (Å²) in [4.78, 5) is 0. The maximum absolute atomic E-state index is 4.15. The maximum Gasteiger partial charge on any atom is 0.0713 e. The molecule has 0 saturated heterocycles. The minimum absolute atomic E-state index is 0. The lowest BCUT2D eigenvalue weighted by atomic mass is 9.66. The molecule has 0 amide bonds. The van der Waals surface area contributed by atoms with Gasteiger partial charge in [0.1, 0.15) is 0 Å². The van der Waals surface area contributed by atoms with Crippen molar-refractivity contribution in [1.82, 2.24) is 0 Å². The normalized spacial score (nSPS) is 16.9. The van der Waals surface area contributed by atoms with Crippen molar-refractivity contribution in [3.63, 3.8) is 0 Å². The number of hydrogen-bond acceptors (Lipinski definition) is 0. The molecule has 0 saturated carbocycles. The molecule has 1 atom stereocenters. The van der Waals surface area contributed by atoms with Gasteiger partial charge in [-0.15, -0.1) is 0 Å². The first-order valence-electron chi connectivity index (χ1n) is 9.46. The molecule has 0 N–H and O–H groups in total. The highest BCUT2D eigenvalue weighted by Crippen LogP contribution is 2.55. The first-order chi connectivity index (χ1) is 13.2. The van der Waals surface area contributed by atoms with Gasteiger partial charge in [0.2, 0.25) is 0 Å². The Kier molecular flexibility index (Phi) is 8.37. The van der Waals surface area contributed by atoms with Crippen LogP contribution in [-0.4, -0.2) is 0 Å². The van der Waals surface area contributed by atoms with E-state index in [1.54, 1.807) is 0 Å². The van der Waals surface area contributed by atoms with Crippen LogP contribution in [0.3, 0.4) is 0 Å². The first kappa shape index (κ1) is 24.9. The number of rotatable bonds is 4. The van der Waals surface area contributed by atoms with E-state index in [1.165, 1.54) is 39.0 Å². The zero-order valence-corrected chi connectivity index (χ0v) is 15.9. The largest absolute Gasteiger partial charge is 0.0984 e. The molecule has 4 rings (SSSR count). The average molecular weight is 397 g/mol. The van der Waals surface area contributed by atoms with Crippen LogP contribution in [0.5, 0.6) is 0 Å². The van der Waals surface area contributed by atoms with Crippen molar-refractivity contribution in [2.75, 3.05) is 0 Å². The molecule has 0 heteroatoms. The van der Waals surface area contributed by atoms with Crippen molar-refractivity contribution in [3.8, 4) is 0 Å². The molecule has 3 aromatic rings. The molecule has 0 bridgehead atoms. The van der Waals surface area contributed by atoms with Gasteiger partial charge in [-0.1, -0.05) is 132 Å². The van der Waals surface area contributed by atoms with Crippen LogP contribution >= 0.6 is 0 Å². The second-order valence-electron chi connectivity index (χ2n) is 7.06. The van der Waals surface area contributed by atoms with Gasteiger partial charge in [0.25, 0.3) is 0 Å². The second-order valence-corrected chi connectivity index (χ2v) is 7.06. The van der Waals surface area contributed by atoms with E-state index in [-0.39, 0.29) is 27.7 Å². The van der Waals surface area contributed by atoms with Crippen LogP contribution in [0.1, 0.15) is 57.0 Å². The molecule has 1 unspecified atom stereocenters. The average Bonchev–Trinajstić information content (AvgIpc) is 3.00. The Balaban J connectivity index is 0.00000150. The standard InChI is InChI=1S/C27H24.3CH4/c1-4-11-25-23(5-2)24-14-9-10-15-26(24)27(25,21-12-7-6-8-13-21)22-18-16-20(3)17-19-22;;;/h4-19H,2H2,1,3H3;3*1H4/b11-4-;;;. The van der Waals surface area contributed by atoms with Crippen molar-refractivity contribution in [1.29, 1.82) is 0 Å². The Morgan fingerprint density at radius 2 is 1.30 bits per heavy atom. The van der Waals surface area contributed by atoms with Crippen LogP contribution in [0.25, 0.3) is 5.57 Å². The highest BCUT2D eigenvalue weighted by atomic mass is 14.5. The molecule has 0 aliphatic heterocycles. The Labute approximate surface area is 184 Å². The van der Waals surface area contributed by atoms with Crippen LogP contribution in [0.2, 0.25) is 0 Å². The molecule has 0 heterocycles. The van der Waals surface area contributed by atoms with E-state index in [0.29, 0.717) is 0 Å². The van der Waals surface area contributed by atoms with E-state index in [4.69, 9.17) is 0 Å². The van der Waals surface area contributed by atoms with Gasteiger partial charge in [0.15, 0.2) is 0 Å². The third kappa shape index (κ3) is 3.59. The topological polar surface area (TPSA) is 0 Å². The van der Waals surface area contributed by atoms with Gasteiger partial charge in [-0.05, 0) is 47.2 Å². The van der Waals surface area contributed by atoms with Gasteiger partial charge in [-0.3, -0.25) is 0 Å². The van der Waals surface area contributed by atoms with E-state index >= 15 is 0 Å². The van der Waals surface area contributed by atoms with E-state index in [9.17, 15) is 0 Å². The van der Waals surface area contributed by atoms with Gasteiger partial charge in [0, 0.05) is 0 Å². The van der Waals surface area contributed by atoms with E-state index in [2.05, 4.69) is 111 Å². The fourth-order valence-corrected chi connectivity index (χ4v) is 4.42. The Morgan fingerprint density at radius 3 is 1.90 bits per heavy atom. The fourth-order valence-electron chi connectivity index (χ4n) is 4.42. The zero-order valence-electron chi connectivity index (χ0n) is 15.9. The lowest BCUT2D eigenvalue weighted by Crippen LogP contribution is -2.29. The summed E-state index contributed by atoms with van der Waals surface area (Å²) < 4.78 is 0. The lowest BCUT2D eigenvalue weighted by molar-refractivity contribution is 0.761. The number of aryl methyl sites for hydroxylation is 1. The quantitative estimate of drug-likeness (QED) is 0.413. The predicted octanol–water partition coefficient (Wildman–Crippen LogP) is 8.77. The molecule has 0 spiro atoms. The lowest BCUT2D eigenvalue weighted by Gasteiger charge is -2.35. The van der Waals surface area contributed by atoms with Crippen LogP contribution in [0.4, 0.5) is 0 Å². The third-order valence-corrected chi connectivity index (χ3v) is 5.54. The highest BCUT2D eigenvalue weighted by Gasteiger charge is 2.45. The summed E-state index contributed by atoms with van der Waals surface area (Å²) in [6.07, 6.45) is 6.40. The minimum Gasteiger partial charge on any atom is -0.0984 e. The summed E-state index contributed by atoms with van der Waals surface area (Å²) in [5.74, 6) is 0. The molecule has 0 fully saturated rings. The molecule has 0 nitrogen and oxygen atoms in total. The molecule has 1 aliphatic rings. The monoisotopic (exact) mass is 396 g/mol. The van der Waals surface area contributed by atoms with Gasteiger partial charge < -0.3 is 0 Å². The van der Waals surface area contributed by atoms with Gasteiger partial charge >= 0.3 is 0 Å². The molecule has 3 aromatic carbocycles. The summed E-state index contributed by atoms with van der Waals surface area (Å²) >= 11 is 0. The molecule has 30 heavy (non-hydrogen) atoms. The molecular formula is C30H36. The zero-order chi connectivity index (χ0) is 18.9. The summed E-state index contributed by atoms with van der Waals surface area (Å²) in [5, 5.41) is 0. The Bertz CT molecular complexity index is 1030. The number of allylic oxidation sites excluding steroid dienone is 5. The van der Waals surface area contributed by atoms with Crippen molar-refractivity contribution >= 4 is 5.57 Å². The molecule has 1 aliphatic carbocycles. The smallest absolute Gasteiger partial charge is 0.0713 e. The number of fused-ring (bicyclic) bond motifs is 1. The van der Waals surface area contributed by atoms with Gasteiger partial charge in [0.05, 0.1) is 5.41 Å². The van der Waals surface area contributed by atoms with Crippen LogP contribution in [0, 0.1) is 6.92 Å². The molecule has 156 valence electrons. The van der Waals surface area contributed by atoms with Crippen LogP contribution < -0.4 is 0 Å². The molecule has 0 radical (unpaired) electrons. The predicted molar refractivity (Wildman–Crippen MR) is 136 cm³/mol. The number of benzene rings is 3. The SMILES string of the molecule is C.C.C.C=CC1=C(/C=C\C)C(c2ccccc2)(c2ccc(C)cc2)c2ccccc21. The molecule has 0 aromatic heterocycles. The summed E-state index contributed by atoms with van der Waals surface area (Å²) in [6.45, 7) is 8.37. The Morgan fingerprint density at radius 1 is 0.733 bits per heavy atom. The van der Waals surface area contributed by atoms with Crippen LogP contribution in [-0.2, 0) is 5.41 Å². The van der Waals surface area contributed by atoms with Gasteiger partial charge in [-0.2, -0.15) is 0 Å². The van der Waals surface area contributed by atoms with E-state index < -0.39 is 0 Å². The molecular weight excluding hydrogens is 360 g/mol. The third-order valence-electron chi connectivity index (χ3n) is 5.54. The van der Waals surface area contributed by atoms with Crippen molar-refractivity contribution in [2.24, 2.45) is 0 Å². The van der Waals surface area contributed by atoms with E-state index in [1.807, 2.05) is 6.08 Å². The fraction of sp³-hybridized carbons (Fsp3) is 0.200. The second kappa shape index (κ2) is 10.1. The highest BCUT2D eigenvalue weighted by molar-refractivity contribution is 5.91. The van der Waals surface area contributed by atoms with E-state index in [0.717, 1.165) is 0 Å². The van der Waals surface area contributed by atoms with Crippen LogP contribution in [0.15, 0.2) is 109 Å². The summed E-state index contributed by atoms with van der Waals surface area (Å²) in [6, 6.07) is 28.5. The van der Waals surface area contributed by atoms with Crippen molar-refractivity contribution in [3.05, 3.63) is 137 Å². The summed E-state index contributed by atoms with van der Waals surface area (Å²) in [7, 11) is 0. The van der Waals surface area contributed by atoms with Crippen molar-refractivity contribution in [2.45, 2.75) is 41.5 Å². The summed E-state index contributed by atoms with van der Waals surface area (Å²) in [5.41, 5.74) is 8.61. The Hall–Kier alpha value is -3.12. The van der Waals surface area contributed by atoms with Gasteiger partial charge in [-0.25, -0.2) is 0 Å². The first-order valence-corrected chi connectivity index (χ1v) is 9.46. The number of hydrogen-bond donors (Lipinski definition) is 0. The minimum atomic E-state index is -0.332. The van der Waals surface area contributed by atoms with Crippen molar-refractivity contribution < 1.29 is 0 Å². The maximum atomic E-state index is 4.15.